The summed E-state index contributed by atoms with van der Waals surface area (Å²) in [6.07, 6.45) is 2.95. The van der Waals surface area contributed by atoms with Crippen molar-refractivity contribution in [1.82, 2.24) is 4.98 Å². The van der Waals surface area contributed by atoms with Crippen molar-refractivity contribution in [2.24, 2.45) is 0 Å². The highest BCUT2D eigenvalue weighted by molar-refractivity contribution is 5.48. The minimum Gasteiger partial charge on any atom is -0.399 e. The molecule has 5 heteroatoms. The number of pyridine rings is 1. The summed E-state index contributed by atoms with van der Waals surface area (Å²) >= 11 is 0. The number of aliphatic hydroxyl groups is 1. The van der Waals surface area contributed by atoms with Crippen molar-refractivity contribution in [1.29, 1.82) is 0 Å². The highest BCUT2D eigenvalue weighted by Gasteiger charge is 2.29. The maximum absolute atomic E-state index is 10.2. The molecule has 0 spiro atoms. The molecule has 1 fully saturated rings. The van der Waals surface area contributed by atoms with Gasteiger partial charge in [0.1, 0.15) is 5.82 Å². The van der Waals surface area contributed by atoms with Crippen molar-refractivity contribution in [2.45, 2.75) is 18.4 Å². The van der Waals surface area contributed by atoms with Crippen LogP contribution in [0.1, 0.15) is 12.8 Å². The maximum Gasteiger partial charge on any atom is 0.128 e. The van der Waals surface area contributed by atoms with E-state index in [1.165, 1.54) is 0 Å². The number of anilines is 2. The van der Waals surface area contributed by atoms with Gasteiger partial charge < -0.3 is 20.9 Å². The fourth-order valence-electron chi connectivity index (χ4n) is 1.73. The number of hydrogen-bond acceptors (Lipinski definition) is 5. The Balaban J connectivity index is 1.91. The Labute approximate surface area is 94.6 Å². The molecule has 2 rings (SSSR count). The lowest BCUT2D eigenvalue weighted by molar-refractivity contribution is -0.0543. The Morgan fingerprint density at radius 1 is 1.50 bits per heavy atom. The molecular weight excluding hydrogens is 206 g/mol. The fraction of sp³-hybridized carbons (Fsp3) is 0.545. The Hall–Kier alpha value is -1.33. The Bertz CT molecular complexity index is 351. The lowest BCUT2D eigenvalue weighted by Crippen LogP contribution is -2.42. The third-order valence-electron chi connectivity index (χ3n) is 2.81. The van der Waals surface area contributed by atoms with Crippen LogP contribution in [0.2, 0.25) is 0 Å². The van der Waals surface area contributed by atoms with Crippen molar-refractivity contribution < 1.29 is 9.84 Å². The van der Waals surface area contributed by atoms with Gasteiger partial charge in [-0.05, 0) is 6.07 Å². The molecular formula is C11H17N3O2. The van der Waals surface area contributed by atoms with E-state index < -0.39 is 5.60 Å². The number of nitrogens with zero attached hydrogens (tertiary/aromatic N) is 1. The van der Waals surface area contributed by atoms with Gasteiger partial charge in [-0.25, -0.2) is 4.98 Å². The number of hydrogen-bond donors (Lipinski definition) is 3. The molecule has 0 unspecified atom stereocenters. The fourth-order valence-corrected chi connectivity index (χ4v) is 1.73. The molecule has 16 heavy (non-hydrogen) atoms. The van der Waals surface area contributed by atoms with E-state index in [-0.39, 0.29) is 0 Å². The van der Waals surface area contributed by atoms with E-state index >= 15 is 0 Å². The van der Waals surface area contributed by atoms with E-state index in [0.717, 1.165) is 0 Å². The van der Waals surface area contributed by atoms with Crippen molar-refractivity contribution in [2.75, 3.05) is 30.8 Å². The van der Waals surface area contributed by atoms with Crippen LogP contribution in [-0.2, 0) is 4.74 Å². The Morgan fingerprint density at radius 3 is 2.94 bits per heavy atom. The quantitative estimate of drug-likeness (QED) is 0.700. The monoisotopic (exact) mass is 223 g/mol. The van der Waals surface area contributed by atoms with Crippen LogP contribution in [0.25, 0.3) is 0 Å². The predicted molar refractivity (Wildman–Crippen MR) is 62.1 cm³/mol. The third-order valence-corrected chi connectivity index (χ3v) is 2.81. The van der Waals surface area contributed by atoms with Gasteiger partial charge >= 0.3 is 0 Å². The second kappa shape index (κ2) is 4.67. The summed E-state index contributed by atoms with van der Waals surface area (Å²) in [4.78, 5) is 4.12. The summed E-state index contributed by atoms with van der Waals surface area (Å²) < 4.78 is 5.21. The van der Waals surface area contributed by atoms with Crippen LogP contribution < -0.4 is 11.1 Å². The smallest absolute Gasteiger partial charge is 0.128 e. The van der Waals surface area contributed by atoms with Gasteiger partial charge in [-0.1, -0.05) is 0 Å². The Morgan fingerprint density at radius 2 is 2.25 bits per heavy atom. The summed E-state index contributed by atoms with van der Waals surface area (Å²) in [5.74, 6) is 0.694. The van der Waals surface area contributed by atoms with E-state index in [9.17, 15) is 5.11 Å². The first-order valence-electron chi connectivity index (χ1n) is 5.44. The number of aromatic nitrogens is 1. The third kappa shape index (κ3) is 2.84. The van der Waals surface area contributed by atoms with Crippen LogP contribution in [0.3, 0.4) is 0 Å². The van der Waals surface area contributed by atoms with Crippen LogP contribution in [0.5, 0.6) is 0 Å². The van der Waals surface area contributed by atoms with E-state index in [4.69, 9.17) is 10.5 Å². The van der Waals surface area contributed by atoms with Crippen LogP contribution in [0, 0.1) is 0 Å². The van der Waals surface area contributed by atoms with Gasteiger partial charge in [-0.15, -0.1) is 0 Å². The molecule has 0 radical (unpaired) electrons. The average Bonchev–Trinajstić information content (AvgIpc) is 2.28. The SMILES string of the molecule is Nc1ccnc(NCC2(O)CCOCC2)c1. The standard InChI is InChI=1S/C11H17N3O2/c12-9-1-4-13-10(7-9)14-8-11(15)2-5-16-6-3-11/h1,4,7,15H,2-3,5-6,8H2,(H3,12,13,14). The molecule has 0 aromatic carbocycles. The number of ether oxygens (including phenoxy) is 1. The lowest BCUT2D eigenvalue weighted by atomic mass is 9.94. The van der Waals surface area contributed by atoms with Gasteiger partial charge in [0.15, 0.2) is 0 Å². The van der Waals surface area contributed by atoms with Gasteiger partial charge in [-0.3, -0.25) is 0 Å². The van der Waals surface area contributed by atoms with Crippen molar-refractivity contribution in [3.05, 3.63) is 18.3 Å². The summed E-state index contributed by atoms with van der Waals surface area (Å²) in [7, 11) is 0. The van der Waals surface area contributed by atoms with E-state index in [0.29, 0.717) is 44.1 Å². The Kier molecular flexibility index (Phi) is 3.26. The average molecular weight is 223 g/mol. The zero-order valence-corrected chi connectivity index (χ0v) is 9.15. The lowest BCUT2D eigenvalue weighted by Gasteiger charge is -2.32. The maximum atomic E-state index is 10.2. The topological polar surface area (TPSA) is 80.4 Å². The first-order chi connectivity index (χ1) is 7.68. The van der Waals surface area contributed by atoms with Gasteiger partial charge in [0.05, 0.1) is 5.60 Å². The molecule has 2 heterocycles. The summed E-state index contributed by atoms with van der Waals surface area (Å²) in [6, 6.07) is 3.48. The zero-order chi connectivity index (χ0) is 11.4. The molecule has 5 nitrogen and oxygen atoms in total. The van der Waals surface area contributed by atoms with Crippen LogP contribution >= 0.6 is 0 Å². The van der Waals surface area contributed by atoms with Crippen LogP contribution in [-0.4, -0.2) is 35.5 Å². The number of nitrogens with one attached hydrogen (secondary N) is 1. The van der Waals surface area contributed by atoms with Gasteiger partial charge in [0.2, 0.25) is 0 Å². The number of nitrogens with two attached hydrogens (primary N) is 1. The van der Waals surface area contributed by atoms with E-state index in [2.05, 4.69) is 10.3 Å². The van der Waals surface area contributed by atoms with Gasteiger partial charge in [-0.2, -0.15) is 0 Å². The first-order valence-corrected chi connectivity index (χ1v) is 5.44. The molecule has 1 aromatic rings. The molecule has 4 N–H and O–H groups in total. The molecule has 0 atom stereocenters. The summed E-state index contributed by atoms with van der Waals surface area (Å²) in [5, 5.41) is 13.3. The molecule has 0 saturated carbocycles. The molecule has 0 amide bonds. The highest BCUT2D eigenvalue weighted by Crippen LogP contribution is 2.21. The number of rotatable bonds is 3. The minimum absolute atomic E-state index is 0.479. The van der Waals surface area contributed by atoms with Crippen LogP contribution in [0.15, 0.2) is 18.3 Å². The first kappa shape index (κ1) is 11.2. The largest absolute Gasteiger partial charge is 0.399 e. The summed E-state index contributed by atoms with van der Waals surface area (Å²) in [5.41, 5.74) is 5.61. The van der Waals surface area contributed by atoms with Crippen molar-refractivity contribution >= 4 is 11.5 Å². The second-order valence-corrected chi connectivity index (χ2v) is 4.16. The predicted octanol–water partition coefficient (Wildman–Crippen LogP) is 0.617. The normalized spacial score (nSPS) is 19.3. The van der Waals surface area contributed by atoms with Crippen molar-refractivity contribution in [3.8, 4) is 0 Å². The molecule has 1 aliphatic rings. The molecule has 1 saturated heterocycles. The zero-order valence-electron chi connectivity index (χ0n) is 9.15. The summed E-state index contributed by atoms with van der Waals surface area (Å²) in [6.45, 7) is 1.71. The van der Waals surface area contributed by atoms with Crippen LogP contribution in [0.4, 0.5) is 11.5 Å². The minimum atomic E-state index is -0.690. The molecule has 1 aliphatic heterocycles. The highest BCUT2D eigenvalue weighted by atomic mass is 16.5. The van der Waals surface area contributed by atoms with Crippen molar-refractivity contribution in [3.63, 3.8) is 0 Å². The van der Waals surface area contributed by atoms with Gasteiger partial charge in [0, 0.05) is 50.6 Å². The molecule has 1 aromatic heterocycles. The van der Waals surface area contributed by atoms with E-state index in [1.807, 2.05) is 0 Å². The second-order valence-electron chi connectivity index (χ2n) is 4.16. The number of nitrogen functional groups attached to an aromatic ring is 1. The van der Waals surface area contributed by atoms with E-state index in [1.54, 1.807) is 18.3 Å². The molecule has 0 aliphatic carbocycles. The molecule has 0 bridgehead atoms. The molecule has 88 valence electrons. The van der Waals surface area contributed by atoms with Gasteiger partial charge in [0.25, 0.3) is 0 Å².